The van der Waals surface area contributed by atoms with Crippen LogP contribution < -0.4 is 58.6 Å². The first-order valence-corrected chi connectivity index (χ1v) is 7.89. The lowest BCUT2D eigenvalue weighted by atomic mass is 9.97. The predicted octanol–water partition coefficient (Wildman–Crippen LogP) is -7.26. The molecule has 8 heteroatoms. The van der Waals surface area contributed by atoms with Crippen LogP contribution in [0.3, 0.4) is 0 Å². The van der Waals surface area contributed by atoms with Crippen LogP contribution in [0.1, 0.15) is 54.4 Å². The first-order chi connectivity index (χ1) is 9.20. The molecule has 0 aliphatic carbocycles. The molecule has 0 atom stereocenters. The molecule has 0 aromatic carbocycles. The van der Waals surface area contributed by atoms with Crippen molar-refractivity contribution in [2.24, 2.45) is 9.98 Å². The van der Waals surface area contributed by atoms with Gasteiger partial charge < -0.3 is 69.5 Å². The van der Waals surface area contributed by atoms with Crippen LogP contribution in [0.25, 0.3) is 0 Å². The second-order valence-corrected chi connectivity index (χ2v) is 7.55. The van der Waals surface area contributed by atoms with Crippen LogP contribution in [0.5, 0.6) is 0 Å². The molecule has 1 aliphatic rings. The summed E-state index contributed by atoms with van der Waals surface area (Å²) in [6.07, 6.45) is 2.11. The summed E-state index contributed by atoms with van der Waals surface area (Å²) in [4.78, 5) is 9.45. The van der Waals surface area contributed by atoms with Crippen molar-refractivity contribution in [1.82, 2.24) is 0 Å². The lowest BCUT2D eigenvalue weighted by Gasteiger charge is -2.24. The molecular formula is C16H38I2N4O2. The fourth-order valence-corrected chi connectivity index (χ4v) is 3.00. The molecule has 1 heterocycles. The average Bonchev–Trinajstić information content (AvgIpc) is 2.28. The second-order valence-electron chi connectivity index (χ2n) is 7.55. The van der Waals surface area contributed by atoms with Crippen molar-refractivity contribution in [2.75, 3.05) is 26.2 Å². The largest absolute Gasteiger partial charge is 1.00 e. The molecule has 0 fully saturated rings. The van der Waals surface area contributed by atoms with Crippen LogP contribution in [0.15, 0.2) is 9.98 Å². The van der Waals surface area contributed by atoms with E-state index in [0.29, 0.717) is 0 Å². The normalized spacial score (nSPS) is 21.1. The Morgan fingerprint density at radius 3 is 1.29 bits per heavy atom. The third-order valence-corrected chi connectivity index (χ3v) is 3.84. The highest BCUT2D eigenvalue weighted by Gasteiger charge is 2.24. The van der Waals surface area contributed by atoms with Gasteiger partial charge in [0.1, 0.15) is 0 Å². The van der Waals surface area contributed by atoms with Gasteiger partial charge in [0.05, 0.1) is 37.3 Å². The lowest BCUT2D eigenvalue weighted by Crippen LogP contribution is -3.00. The minimum absolute atomic E-state index is 0. The van der Waals surface area contributed by atoms with E-state index in [1.165, 1.54) is 11.4 Å². The third-order valence-electron chi connectivity index (χ3n) is 3.84. The van der Waals surface area contributed by atoms with Crippen molar-refractivity contribution in [3.63, 3.8) is 0 Å². The van der Waals surface area contributed by atoms with E-state index in [9.17, 15) is 0 Å². The average molecular weight is 572 g/mol. The standard InChI is InChI=1S/C16H32N4.2HI.2H2O/c1-13-11-15(3,4)19-10-8-18-14(2)12-16(5,6)20-9-7-17-13;;;;/h19-20H,7-12H2,1-6H3;2*1H;2*1H2. The van der Waals surface area contributed by atoms with Crippen molar-refractivity contribution in [3.8, 4) is 0 Å². The first kappa shape index (κ1) is 32.3. The molecule has 1 rings (SSSR count). The molecule has 1 aliphatic heterocycles. The van der Waals surface area contributed by atoms with Crippen molar-refractivity contribution in [2.45, 2.75) is 65.5 Å². The lowest BCUT2D eigenvalue weighted by molar-refractivity contribution is -0.718. The van der Waals surface area contributed by atoms with E-state index in [1.807, 2.05) is 0 Å². The summed E-state index contributed by atoms with van der Waals surface area (Å²) in [6, 6.07) is 0. The summed E-state index contributed by atoms with van der Waals surface area (Å²) >= 11 is 0. The number of aliphatic imine (C=N–C) groups is 2. The van der Waals surface area contributed by atoms with E-state index >= 15 is 0 Å². The zero-order valence-electron chi connectivity index (χ0n) is 16.0. The molecule has 0 spiro atoms. The fourth-order valence-electron chi connectivity index (χ4n) is 3.00. The maximum absolute atomic E-state index is 4.73. The van der Waals surface area contributed by atoms with Crippen molar-refractivity contribution < 1.29 is 69.5 Å². The van der Waals surface area contributed by atoms with E-state index in [-0.39, 0.29) is 70.0 Å². The monoisotopic (exact) mass is 572 g/mol. The van der Waals surface area contributed by atoms with E-state index in [2.05, 4.69) is 52.2 Å². The Balaban J connectivity index is -0.000000500. The summed E-state index contributed by atoms with van der Waals surface area (Å²) in [7, 11) is 0. The van der Waals surface area contributed by atoms with Crippen LogP contribution in [-0.4, -0.2) is 59.6 Å². The Kier molecular flexibility index (Phi) is 19.9. The van der Waals surface area contributed by atoms with Gasteiger partial charge in [-0.1, -0.05) is 0 Å². The summed E-state index contributed by atoms with van der Waals surface area (Å²) in [6.45, 7) is 17.5. The molecule has 0 bridgehead atoms. The van der Waals surface area contributed by atoms with Gasteiger partial charge in [-0.3, -0.25) is 9.98 Å². The van der Waals surface area contributed by atoms with Gasteiger partial charge in [-0.05, 0) is 41.5 Å². The number of halogens is 2. The van der Waals surface area contributed by atoms with Crippen LogP contribution >= 0.6 is 0 Å². The molecular weight excluding hydrogens is 534 g/mol. The Bertz CT molecular complexity index is 350. The predicted molar refractivity (Wildman–Crippen MR) is 94.2 cm³/mol. The van der Waals surface area contributed by atoms with Crippen LogP contribution in [0.2, 0.25) is 0 Å². The summed E-state index contributed by atoms with van der Waals surface area (Å²) in [5.74, 6) is 0. The van der Waals surface area contributed by atoms with E-state index in [0.717, 1.165) is 39.0 Å². The highest BCUT2D eigenvalue weighted by atomic mass is 127. The zero-order chi connectivity index (χ0) is 15.2. The van der Waals surface area contributed by atoms with E-state index in [1.54, 1.807) is 0 Å². The minimum atomic E-state index is 0. The van der Waals surface area contributed by atoms with Crippen molar-refractivity contribution >= 4 is 11.4 Å². The van der Waals surface area contributed by atoms with E-state index < -0.39 is 0 Å². The smallest absolute Gasteiger partial charge is 0.0958 e. The number of hydrogen-bond acceptors (Lipinski definition) is 2. The Morgan fingerprint density at radius 2 is 1.00 bits per heavy atom. The molecule has 24 heavy (non-hydrogen) atoms. The van der Waals surface area contributed by atoms with E-state index in [4.69, 9.17) is 9.98 Å². The summed E-state index contributed by atoms with van der Waals surface area (Å²) in [5.41, 5.74) is 3.00. The van der Waals surface area contributed by atoms with Crippen LogP contribution in [0.4, 0.5) is 0 Å². The van der Waals surface area contributed by atoms with Gasteiger partial charge in [0, 0.05) is 24.3 Å². The number of rotatable bonds is 0. The SMILES string of the molecule is CC1=NCC[NH2+]C(C)(C)CC(C)=NCC[NH2+]C(C)(C)C1.O.O.[I-].[I-]. The van der Waals surface area contributed by atoms with Gasteiger partial charge in [-0.2, -0.15) is 0 Å². The zero-order valence-corrected chi connectivity index (χ0v) is 20.4. The van der Waals surface area contributed by atoms with Gasteiger partial charge in [0.25, 0.3) is 0 Å². The third kappa shape index (κ3) is 14.9. The topological polar surface area (TPSA) is 121 Å². The molecule has 8 N–H and O–H groups in total. The highest BCUT2D eigenvalue weighted by molar-refractivity contribution is 5.83. The van der Waals surface area contributed by atoms with Gasteiger partial charge in [-0.25, -0.2) is 0 Å². The molecule has 6 nitrogen and oxygen atoms in total. The molecule has 0 aromatic heterocycles. The number of hydrogen-bond donors (Lipinski definition) is 2. The second kappa shape index (κ2) is 14.8. The van der Waals surface area contributed by atoms with Crippen LogP contribution in [0, 0.1) is 0 Å². The van der Waals surface area contributed by atoms with Crippen molar-refractivity contribution in [3.05, 3.63) is 0 Å². The van der Waals surface area contributed by atoms with Gasteiger partial charge in [-0.15, -0.1) is 0 Å². The Hall–Kier alpha value is 0.640. The summed E-state index contributed by atoms with van der Waals surface area (Å²) < 4.78 is 0. The summed E-state index contributed by atoms with van der Waals surface area (Å²) in [5, 5.41) is 4.82. The number of quaternary nitrogens is 2. The maximum atomic E-state index is 4.73. The highest BCUT2D eigenvalue weighted by Crippen LogP contribution is 2.05. The van der Waals surface area contributed by atoms with Gasteiger partial charge in [0.2, 0.25) is 0 Å². The maximum Gasteiger partial charge on any atom is 0.0958 e. The molecule has 0 aromatic rings. The van der Waals surface area contributed by atoms with Crippen molar-refractivity contribution in [1.29, 1.82) is 0 Å². The van der Waals surface area contributed by atoms with Crippen LogP contribution in [-0.2, 0) is 0 Å². The molecule has 0 saturated heterocycles. The number of nitrogens with two attached hydrogens (primary N) is 2. The molecule has 0 amide bonds. The minimum Gasteiger partial charge on any atom is -1.00 e. The van der Waals surface area contributed by atoms with Gasteiger partial charge >= 0.3 is 0 Å². The molecule has 148 valence electrons. The Morgan fingerprint density at radius 1 is 0.708 bits per heavy atom. The number of nitrogens with zero attached hydrogens (tertiary/aromatic N) is 2. The molecule has 0 saturated carbocycles. The van der Waals surface area contributed by atoms with Gasteiger partial charge in [0.15, 0.2) is 0 Å². The first-order valence-electron chi connectivity index (χ1n) is 7.89. The quantitative estimate of drug-likeness (QED) is 0.269. The Labute approximate surface area is 181 Å². The molecule has 0 radical (unpaired) electrons. The molecule has 0 unspecified atom stereocenters. The fraction of sp³-hybridized carbons (Fsp3) is 0.875.